The highest BCUT2D eigenvalue weighted by Gasteiger charge is 2.27. The molecule has 1 saturated heterocycles. The van der Waals surface area contributed by atoms with Gasteiger partial charge < -0.3 is 9.64 Å². The zero-order valence-corrected chi connectivity index (χ0v) is 19.0. The molecule has 1 heterocycles. The van der Waals surface area contributed by atoms with Crippen LogP contribution in [-0.2, 0) is 11.3 Å². The van der Waals surface area contributed by atoms with Crippen LogP contribution in [0.4, 0.5) is 23.7 Å². The van der Waals surface area contributed by atoms with Crippen molar-refractivity contribution in [1.82, 2.24) is 15.8 Å². The second-order valence-corrected chi connectivity index (χ2v) is 8.41. The van der Waals surface area contributed by atoms with Gasteiger partial charge in [-0.05, 0) is 24.3 Å². The molecule has 34 heavy (non-hydrogen) atoms. The minimum absolute atomic E-state index is 0.124. The van der Waals surface area contributed by atoms with Crippen LogP contribution in [0, 0.1) is 5.82 Å². The van der Waals surface area contributed by atoms with Crippen LogP contribution >= 0.6 is 11.8 Å². The van der Waals surface area contributed by atoms with Gasteiger partial charge >= 0.3 is 18.4 Å². The molecule has 1 aliphatic heterocycles. The van der Waals surface area contributed by atoms with E-state index in [0.717, 1.165) is 17.6 Å². The number of anilines is 1. The zero-order valence-electron chi connectivity index (χ0n) is 18.2. The number of methoxy groups -OCH3 is 1. The molecule has 1 fully saturated rings. The number of urea groups is 1. The molecule has 0 saturated carbocycles. The summed E-state index contributed by atoms with van der Waals surface area (Å²) in [6.45, 7) is 0.973. The quantitative estimate of drug-likeness (QED) is 0.600. The molecule has 2 N–H and O–H groups in total. The highest BCUT2D eigenvalue weighted by atomic mass is 32.2. The Bertz CT molecular complexity index is 1050. The molecule has 0 atom stereocenters. The van der Waals surface area contributed by atoms with E-state index in [-0.39, 0.29) is 23.7 Å². The van der Waals surface area contributed by atoms with Crippen LogP contribution in [0.1, 0.15) is 15.9 Å². The molecule has 4 amide bonds. The highest BCUT2D eigenvalue weighted by Crippen LogP contribution is 2.31. The molecule has 182 valence electrons. The van der Waals surface area contributed by atoms with Crippen molar-refractivity contribution in [2.75, 3.05) is 36.6 Å². The number of amides is 4. The number of rotatable bonds is 6. The van der Waals surface area contributed by atoms with Gasteiger partial charge in [0.1, 0.15) is 11.6 Å². The number of benzene rings is 2. The minimum Gasteiger partial charge on any atom is -0.495 e. The van der Waals surface area contributed by atoms with Gasteiger partial charge in [-0.2, -0.15) is 20.5 Å². The Morgan fingerprint density at radius 3 is 2.47 bits per heavy atom. The van der Waals surface area contributed by atoms with Crippen molar-refractivity contribution in [2.45, 2.75) is 13.0 Å². The first-order valence-electron chi connectivity index (χ1n) is 10.3. The van der Waals surface area contributed by atoms with Gasteiger partial charge in [0.25, 0.3) is 5.91 Å². The summed E-state index contributed by atoms with van der Waals surface area (Å²) in [5, 5.41) is 0. The Labute approximate surface area is 198 Å². The molecule has 2 aromatic carbocycles. The highest BCUT2D eigenvalue weighted by molar-refractivity contribution is 7.99. The first kappa shape index (κ1) is 25.2. The van der Waals surface area contributed by atoms with E-state index in [1.165, 1.54) is 24.1 Å². The van der Waals surface area contributed by atoms with Crippen LogP contribution in [0.5, 0.6) is 5.75 Å². The molecule has 8 nitrogen and oxygen atoms in total. The molecule has 3 rings (SSSR count). The van der Waals surface area contributed by atoms with Crippen molar-refractivity contribution in [3.8, 4) is 5.75 Å². The van der Waals surface area contributed by atoms with E-state index in [2.05, 4.69) is 0 Å². The summed E-state index contributed by atoms with van der Waals surface area (Å²) >= 11 is 1.75. The maximum absolute atomic E-state index is 14.9. The zero-order chi connectivity index (χ0) is 24.7. The summed E-state index contributed by atoms with van der Waals surface area (Å²) in [4.78, 5) is 39.4. The summed E-state index contributed by atoms with van der Waals surface area (Å²) in [5.41, 5.74) is 3.73. The Morgan fingerprint density at radius 1 is 1.12 bits per heavy atom. The van der Waals surface area contributed by atoms with Gasteiger partial charge in [0.2, 0.25) is 0 Å². The number of alkyl halides is 2. The van der Waals surface area contributed by atoms with Crippen molar-refractivity contribution >= 4 is 35.3 Å². The number of nitrogens with one attached hydrogen (secondary N) is 2. The maximum Gasteiger partial charge on any atom is 0.324 e. The fourth-order valence-electron chi connectivity index (χ4n) is 3.27. The van der Waals surface area contributed by atoms with Crippen LogP contribution in [0.25, 0.3) is 0 Å². The smallest absolute Gasteiger partial charge is 0.324 e. The summed E-state index contributed by atoms with van der Waals surface area (Å²) in [5.74, 6) is -1.41. The van der Waals surface area contributed by atoms with E-state index in [1.54, 1.807) is 51.8 Å². The molecule has 12 heteroatoms. The number of carbonyl (C=O) groups is 3. The number of ether oxygens (including phenoxy) is 1. The number of carbonyl (C=O) groups excluding carboxylic acids is 3. The summed E-state index contributed by atoms with van der Waals surface area (Å²) in [7, 11) is 1.47. The lowest BCUT2D eigenvalue weighted by atomic mass is 10.1. The van der Waals surface area contributed by atoms with E-state index < -0.39 is 24.1 Å². The fraction of sp³-hybridized carbons (Fsp3) is 0.318. The first-order valence-corrected chi connectivity index (χ1v) is 11.4. The predicted octanol–water partition coefficient (Wildman–Crippen LogP) is 3.04. The number of para-hydroxylation sites is 2. The number of hydrogen-bond acceptors (Lipinski definition) is 5. The van der Waals surface area contributed by atoms with Gasteiger partial charge in [0.05, 0.1) is 19.3 Å². The number of halogens is 3. The summed E-state index contributed by atoms with van der Waals surface area (Å²) in [6.07, 6.45) is -3.31. The third-order valence-corrected chi connectivity index (χ3v) is 5.97. The molecule has 2 aromatic rings. The van der Waals surface area contributed by atoms with Crippen LogP contribution in [-0.4, -0.2) is 60.9 Å². The van der Waals surface area contributed by atoms with Gasteiger partial charge in [-0.3, -0.25) is 25.3 Å². The summed E-state index contributed by atoms with van der Waals surface area (Å²) < 4.78 is 44.8. The maximum atomic E-state index is 14.9. The monoisotopic (exact) mass is 496 g/mol. The van der Waals surface area contributed by atoms with Crippen molar-refractivity contribution < 1.29 is 32.3 Å². The van der Waals surface area contributed by atoms with Gasteiger partial charge in [0, 0.05) is 35.7 Å². The van der Waals surface area contributed by atoms with Gasteiger partial charge in [-0.1, -0.05) is 18.2 Å². The Kier molecular flexibility index (Phi) is 8.63. The molecular weight excluding hydrogens is 473 g/mol. The van der Waals surface area contributed by atoms with E-state index in [4.69, 9.17) is 4.74 Å². The van der Waals surface area contributed by atoms with E-state index >= 15 is 0 Å². The fourth-order valence-corrected chi connectivity index (χ4v) is 4.17. The standard InChI is InChI=1S/C22H23F3N4O4S/c1-33-18-5-3-2-4-17(18)29(22(32)28-8-10-34-11-9-28)13-15-7-6-14(12-16(15)23)20(30)26-27-21(31)19(24)25/h2-7,12,19H,8-11,13H2,1H3,(H,26,30)(H,27,31). The Hall–Kier alpha value is -3.41. The van der Waals surface area contributed by atoms with E-state index in [1.807, 2.05) is 0 Å². The lowest BCUT2D eigenvalue weighted by Gasteiger charge is -2.33. The normalized spacial score (nSPS) is 13.4. The Morgan fingerprint density at radius 2 is 1.82 bits per heavy atom. The third kappa shape index (κ3) is 6.13. The average Bonchev–Trinajstić information content (AvgIpc) is 2.86. The lowest BCUT2D eigenvalue weighted by molar-refractivity contribution is -0.132. The second-order valence-electron chi connectivity index (χ2n) is 7.19. The molecular formula is C22H23F3N4O4S. The molecule has 0 aliphatic carbocycles. The molecule has 0 unspecified atom stereocenters. The van der Waals surface area contributed by atoms with E-state index in [0.29, 0.717) is 24.5 Å². The molecule has 1 aliphatic rings. The van der Waals surface area contributed by atoms with Crippen LogP contribution < -0.4 is 20.5 Å². The van der Waals surface area contributed by atoms with Gasteiger partial charge in [-0.25, -0.2) is 9.18 Å². The Balaban J connectivity index is 1.83. The topological polar surface area (TPSA) is 91.0 Å². The molecule has 0 spiro atoms. The lowest BCUT2D eigenvalue weighted by Crippen LogP contribution is -2.46. The van der Waals surface area contributed by atoms with Crippen molar-refractivity contribution in [3.63, 3.8) is 0 Å². The third-order valence-electron chi connectivity index (χ3n) is 5.03. The number of hydrazine groups is 1. The number of nitrogens with zero attached hydrogens (tertiary/aromatic N) is 2. The first-order chi connectivity index (χ1) is 16.3. The van der Waals surface area contributed by atoms with Crippen LogP contribution in [0.2, 0.25) is 0 Å². The van der Waals surface area contributed by atoms with E-state index in [9.17, 15) is 27.6 Å². The minimum atomic E-state index is -3.31. The van der Waals surface area contributed by atoms with Gasteiger partial charge in [-0.15, -0.1) is 0 Å². The van der Waals surface area contributed by atoms with Crippen molar-refractivity contribution in [2.24, 2.45) is 0 Å². The van der Waals surface area contributed by atoms with Crippen molar-refractivity contribution in [3.05, 3.63) is 59.4 Å². The van der Waals surface area contributed by atoms with Crippen LogP contribution in [0.15, 0.2) is 42.5 Å². The molecule has 0 bridgehead atoms. The largest absolute Gasteiger partial charge is 0.495 e. The second kappa shape index (κ2) is 11.6. The van der Waals surface area contributed by atoms with Crippen LogP contribution in [0.3, 0.4) is 0 Å². The predicted molar refractivity (Wildman–Crippen MR) is 121 cm³/mol. The average molecular weight is 497 g/mol. The SMILES string of the molecule is COc1ccccc1N(Cc1ccc(C(=O)NNC(=O)C(F)F)cc1F)C(=O)N1CCSCC1. The van der Waals surface area contributed by atoms with Gasteiger partial charge in [0.15, 0.2) is 0 Å². The molecule has 0 aromatic heterocycles. The number of hydrogen-bond donors (Lipinski definition) is 2. The van der Waals surface area contributed by atoms with Crippen molar-refractivity contribution in [1.29, 1.82) is 0 Å². The summed E-state index contributed by atoms with van der Waals surface area (Å²) in [6, 6.07) is 10.1. The molecule has 0 radical (unpaired) electrons. The number of thioether (sulfide) groups is 1.